The van der Waals surface area contributed by atoms with Gasteiger partial charge < -0.3 is 10.6 Å². The van der Waals surface area contributed by atoms with Crippen LogP contribution in [0.1, 0.15) is 31.5 Å². The second-order valence-electron chi connectivity index (χ2n) is 5.67. The molecule has 3 rings (SSSR count). The quantitative estimate of drug-likeness (QED) is 0.763. The zero-order valence-electron chi connectivity index (χ0n) is 11.5. The molecule has 1 aromatic heterocycles. The number of carbonyl (C=O) groups excluding carboxylic acids is 1. The lowest BCUT2D eigenvalue weighted by Gasteiger charge is -2.37. The second kappa shape index (κ2) is 6.54. The summed E-state index contributed by atoms with van der Waals surface area (Å²) in [6.45, 7) is 2.46. The Morgan fingerprint density at radius 1 is 1.50 bits per heavy atom. The van der Waals surface area contributed by atoms with Crippen LogP contribution < -0.4 is 10.6 Å². The summed E-state index contributed by atoms with van der Waals surface area (Å²) in [6, 6.07) is 0. The van der Waals surface area contributed by atoms with Gasteiger partial charge >= 0.3 is 0 Å². The number of aromatic amines is 1. The van der Waals surface area contributed by atoms with Crippen LogP contribution in [-0.4, -0.2) is 40.7 Å². The summed E-state index contributed by atoms with van der Waals surface area (Å²) in [5.41, 5.74) is -0.153. The molecule has 2 fully saturated rings. The predicted molar refractivity (Wildman–Crippen MR) is 77.6 cm³/mol. The van der Waals surface area contributed by atoms with Gasteiger partial charge in [-0.25, -0.2) is 4.98 Å². The third-order valence-electron chi connectivity index (χ3n) is 4.60. The minimum absolute atomic E-state index is 0. The summed E-state index contributed by atoms with van der Waals surface area (Å²) in [5.74, 6) is 1.57. The Balaban J connectivity index is 0.00000147. The molecule has 0 unspecified atom stereocenters. The highest BCUT2D eigenvalue weighted by atomic mass is 35.5. The molecule has 0 radical (unpaired) electrons. The van der Waals surface area contributed by atoms with Crippen molar-refractivity contribution >= 4 is 18.3 Å². The molecule has 0 spiro atoms. The Kier molecular flexibility index (Phi) is 4.99. The largest absolute Gasteiger partial charge is 0.355 e. The van der Waals surface area contributed by atoms with Crippen LogP contribution in [0, 0.1) is 11.3 Å². The molecule has 20 heavy (non-hydrogen) atoms. The highest BCUT2D eigenvalue weighted by Gasteiger charge is 2.49. The number of rotatable bonds is 4. The number of carbonyl (C=O) groups is 1. The first-order chi connectivity index (χ1) is 9.31. The van der Waals surface area contributed by atoms with Crippen molar-refractivity contribution in [3.8, 4) is 0 Å². The molecule has 1 aliphatic carbocycles. The first-order valence-corrected chi connectivity index (χ1v) is 7.14. The van der Waals surface area contributed by atoms with Gasteiger partial charge in [-0.1, -0.05) is 12.8 Å². The average Bonchev–Trinajstić information content (AvgIpc) is 3.08. The molecule has 7 heteroatoms. The van der Waals surface area contributed by atoms with Gasteiger partial charge in [0, 0.05) is 19.5 Å². The smallest absolute Gasteiger partial charge is 0.227 e. The standard InChI is InChI=1S/C13H21N5O.ClH/c19-12(15-6-4-11-16-9-17-18-11)13-5-2-1-3-10(13)7-14-8-13;/h9-10,14H,1-8H2,(H,15,19)(H,16,17,18);1H/t10-,13+;/m0./s1. The molecule has 2 atom stereocenters. The SMILES string of the molecule is Cl.O=C(NCCc1ncn[nH]1)[C@@]12CCCC[C@H]1CNC2. The molecule has 2 aliphatic rings. The lowest BCUT2D eigenvalue weighted by Crippen LogP contribution is -2.48. The maximum atomic E-state index is 12.5. The van der Waals surface area contributed by atoms with Crippen molar-refractivity contribution in [1.82, 2.24) is 25.8 Å². The molecule has 2 heterocycles. The Morgan fingerprint density at radius 2 is 2.40 bits per heavy atom. The number of hydrogen-bond donors (Lipinski definition) is 3. The number of H-pyrrole nitrogens is 1. The van der Waals surface area contributed by atoms with Crippen LogP contribution in [0.4, 0.5) is 0 Å². The van der Waals surface area contributed by atoms with Crippen LogP contribution in [0.15, 0.2) is 6.33 Å². The van der Waals surface area contributed by atoms with Gasteiger partial charge in [0.2, 0.25) is 5.91 Å². The van der Waals surface area contributed by atoms with E-state index in [1.807, 2.05) is 0 Å². The number of aromatic nitrogens is 3. The monoisotopic (exact) mass is 299 g/mol. The van der Waals surface area contributed by atoms with Crippen molar-refractivity contribution in [3.63, 3.8) is 0 Å². The molecule has 1 aromatic rings. The number of fused-ring (bicyclic) bond motifs is 1. The summed E-state index contributed by atoms with van der Waals surface area (Å²) in [5, 5.41) is 13.1. The molecule has 0 bridgehead atoms. The molecule has 6 nitrogen and oxygen atoms in total. The zero-order valence-corrected chi connectivity index (χ0v) is 12.3. The van der Waals surface area contributed by atoms with Gasteiger partial charge in [0.05, 0.1) is 5.41 Å². The topological polar surface area (TPSA) is 82.7 Å². The van der Waals surface area contributed by atoms with Gasteiger partial charge in [0.15, 0.2) is 0 Å². The van der Waals surface area contributed by atoms with Crippen molar-refractivity contribution in [3.05, 3.63) is 12.2 Å². The molecular formula is C13H22ClN5O. The number of nitrogens with zero attached hydrogens (tertiary/aromatic N) is 2. The molecule has 0 aromatic carbocycles. The summed E-state index contributed by atoms with van der Waals surface area (Å²) < 4.78 is 0. The van der Waals surface area contributed by atoms with E-state index in [9.17, 15) is 4.79 Å². The molecule has 1 saturated heterocycles. The fourth-order valence-corrected chi connectivity index (χ4v) is 3.51. The van der Waals surface area contributed by atoms with E-state index in [-0.39, 0.29) is 23.7 Å². The molecule has 112 valence electrons. The maximum Gasteiger partial charge on any atom is 0.227 e. The van der Waals surface area contributed by atoms with Gasteiger partial charge in [0.1, 0.15) is 12.2 Å². The van der Waals surface area contributed by atoms with Crippen molar-refractivity contribution in [2.45, 2.75) is 32.1 Å². The lowest BCUT2D eigenvalue weighted by molar-refractivity contribution is -0.133. The highest BCUT2D eigenvalue weighted by Crippen LogP contribution is 2.43. The van der Waals surface area contributed by atoms with Crippen molar-refractivity contribution in [2.24, 2.45) is 11.3 Å². The third kappa shape index (κ3) is 2.81. The summed E-state index contributed by atoms with van der Waals surface area (Å²) in [7, 11) is 0. The van der Waals surface area contributed by atoms with E-state index >= 15 is 0 Å². The van der Waals surface area contributed by atoms with Gasteiger partial charge in [-0.05, 0) is 25.3 Å². The normalized spacial score (nSPS) is 28.5. The van der Waals surface area contributed by atoms with Crippen LogP contribution in [0.3, 0.4) is 0 Å². The Labute approximate surface area is 124 Å². The van der Waals surface area contributed by atoms with Gasteiger partial charge in [-0.15, -0.1) is 12.4 Å². The van der Waals surface area contributed by atoms with Gasteiger partial charge in [-0.3, -0.25) is 9.89 Å². The zero-order chi connectivity index (χ0) is 13.1. The van der Waals surface area contributed by atoms with E-state index < -0.39 is 0 Å². The first-order valence-electron chi connectivity index (χ1n) is 7.14. The average molecular weight is 300 g/mol. The Hall–Kier alpha value is -1.14. The van der Waals surface area contributed by atoms with E-state index in [1.165, 1.54) is 25.6 Å². The van der Waals surface area contributed by atoms with E-state index in [0.717, 1.165) is 25.3 Å². The van der Waals surface area contributed by atoms with Crippen molar-refractivity contribution < 1.29 is 4.79 Å². The molecule has 3 N–H and O–H groups in total. The fourth-order valence-electron chi connectivity index (χ4n) is 3.51. The number of nitrogens with one attached hydrogen (secondary N) is 3. The molecule has 1 amide bonds. The fraction of sp³-hybridized carbons (Fsp3) is 0.769. The van der Waals surface area contributed by atoms with Gasteiger partial charge in [0.25, 0.3) is 0 Å². The van der Waals surface area contributed by atoms with Crippen molar-refractivity contribution in [1.29, 1.82) is 0 Å². The summed E-state index contributed by atoms with van der Waals surface area (Å²) in [4.78, 5) is 16.6. The highest BCUT2D eigenvalue weighted by molar-refractivity contribution is 5.85. The minimum atomic E-state index is -0.153. The lowest BCUT2D eigenvalue weighted by atomic mass is 9.67. The minimum Gasteiger partial charge on any atom is -0.355 e. The van der Waals surface area contributed by atoms with Crippen LogP contribution in [0.5, 0.6) is 0 Å². The molecular weight excluding hydrogens is 278 g/mol. The maximum absolute atomic E-state index is 12.5. The van der Waals surface area contributed by atoms with Crippen molar-refractivity contribution in [2.75, 3.05) is 19.6 Å². The molecule has 1 aliphatic heterocycles. The van der Waals surface area contributed by atoms with E-state index in [1.54, 1.807) is 0 Å². The number of hydrogen-bond acceptors (Lipinski definition) is 4. The Morgan fingerprint density at radius 3 is 3.20 bits per heavy atom. The van der Waals surface area contributed by atoms with Gasteiger partial charge in [-0.2, -0.15) is 5.10 Å². The Bertz CT molecular complexity index is 438. The first kappa shape index (κ1) is 15.3. The molecule has 1 saturated carbocycles. The number of amides is 1. The van der Waals surface area contributed by atoms with E-state index in [4.69, 9.17) is 0 Å². The van der Waals surface area contributed by atoms with Crippen LogP contribution >= 0.6 is 12.4 Å². The van der Waals surface area contributed by atoms with Crippen LogP contribution in [0.25, 0.3) is 0 Å². The second-order valence-corrected chi connectivity index (χ2v) is 5.67. The van der Waals surface area contributed by atoms with E-state index in [2.05, 4.69) is 25.8 Å². The third-order valence-corrected chi connectivity index (χ3v) is 4.60. The summed E-state index contributed by atoms with van der Waals surface area (Å²) in [6.07, 6.45) is 6.85. The van der Waals surface area contributed by atoms with Crippen LogP contribution in [-0.2, 0) is 11.2 Å². The van der Waals surface area contributed by atoms with E-state index in [0.29, 0.717) is 18.9 Å². The predicted octanol–water partition coefficient (Wildman–Crippen LogP) is 0.665. The number of halogens is 1. The summed E-state index contributed by atoms with van der Waals surface area (Å²) >= 11 is 0. The van der Waals surface area contributed by atoms with Crippen LogP contribution in [0.2, 0.25) is 0 Å².